The van der Waals surface area contributed by atoms with Gasteiger partial charge in [0, 0.05) is 0 Å². The number of nitrogens with zero attached hydrogens (tertiary/aromatic N) is 1. The number of amides is 2. The van der Waals surface area contributed by atoms with E-state index in [-0.39, 0.29) is 4.90 Å². The Kier molecular flexibility index (Phi) is 5.16. The second kappa shape index (κ2) is 5.46. The topological polar surface area (TPSA) is 176 Å². The second-order valence-electron chi connectivity index (χ2n) is 2.66. The van der Waals surface area contributed by atoms with Crippen LogP contribution in [0.25, 0.3) is 0 Å². The first-order chi connectivity index (χ1) is 7.06. The van der Waals surface area contributed by atoms with Crippen molar-refractivity contribution in [2.75, 3.05) is 6.29 Å². The Morgan fingerprint density at radius 2 is 1.31 bits per heavy atom. The van der Waals surface area contributed by atoms with Crippen LogP contribution < -0.4 is 0 Å². The van der Waals surface area contributed by atoms with E-state index < -0.39 is 38.3 Å². The second-order valence-corrected chi connectivity index (χ2v) is 4.27. The highest BCUT2D eigenvalue weighted by Crippen LogP contribution is 2.35. The van der Waals surface area contributed by atoms with Gasteiger partial charge in [0.05, 0.1) is 0 Å². The van der Waals surface area contributed by atoms with Crippen molar-refractivity contribution in [2.45, 2.75) is 12.6 Å². The lowest BCUT2D eigenvalue weighted by Crippen LogP contribution is -2.47. The molecule has 0 heterocycles. The number of carbonyl (C=O) groups excluding carboxylic acids is 2. The van der Waals surface area contributed by atoms with Crippen molar-refractivity contribution in [1.29, 1.82) is 0 Å². The van der Waals surface area contributed by atoms with Crippen LogP contribution in [-0.4, -0.2) is 65.8 Å². The third kappa shape index (κ3) is 4.77. The predicted octanol–water partition coefficient (Wildman–Crippen LogP) is -3.90. The fourth-order valence-corrected chi connectivity index (χ4v) is 1.36. The molecule has 0 saturated carbocycles. The predicted molar refractivity (Wildman–Crippen MR) is 45.2 cm³/mol. The Balaban J connectivity index is 4.99. The molecule has 0 aliphatic carbocycles. The van der Waals surface area contributed by atoms with E-state index in [9.17, 15) is 14.2 Å². The van der Waals surface area contributed by atoms with E-state index in [1.165, 1.54) is 0 Å². The summed E-state index contributed by atoms with van der Waals surface area (Å²) in [4.78, 5) is 38.4. The van der Waals surface area contributed by atoms with Crippen LogP contribution in [0.3, 0.4) is 0 Å². The van der Waals surface area contributed by atoms with Gasteiger partial charge in [0.15, 0.2) is 0 Å². The van der Waals surface area contributed by atoms with Crippen LogP contribution in [0.15, 0.2) is 0 Å². The fourth-order valence-electron chi connectivity index (χ4n) is 0.711. The summed E-state index contributed by atoms with van der Waals surface area (Å²) in [6, 6.07) is 0. The molecule has 0 fully saturated rings. The Bertz CT molecular complexity index is 300. The van der Waals surface area contributed by atoms with Gasteiger partial charge in [-0.05, 0) is 0 Å². The van der Waals surface area contributed by atoms with Gasteiger partial charge in [-0.1, -0.05) is 0 Å². The summed E-state index contributed by atoms with van der Waals surface area (Å²) in [6.07, 6.45) is -6.89. The zero-order chi connectivity index (χ0) is 13.1. The van der Waals surface area contributed by atoms with E-state index in [1.807, 2.05) is 0 Å². The molecule has 0 bridgehead atoms. The smallest absolute Gasteiger partial charge is 0.345 e. The summed E-state index contributed by atoms with van der Waals surface area (Å²) in [5.74, 6) is -3.55. The number of imide groups is 1. The van der Waals surface area contributed by atoms with E-state index >= 15 is 0 Å². The van der Waals surface area contributed by atoms with Crippen LogP contribution in [0.5, 0.6) is 0 Å². The molecular formula is C5H10NO9P. The van der Waals surface area contributed by atoms with Gasteiger partial charge in [0.2, 0.25) is 12.6 Å². The lowest BCUT2D eigenvalue weighted by molar-refractivity contribution is -0.175. The molecule has 94 valence electrons. The maximum Gasteiger partial charge on any atom is 0.345 e. The molecule has 0 aromatic rings. The van der Waals surface area contributed by atoms with Crippen LogP contribution in [0.1, 0.15) is 0 Å². The lowest BCUT2D eigenvalue weighted by Gasteiger charge is -2.22. The fraction of sp³-hybridized carbons (Fsp3) is 0.600. The van der Waals surface area contributed by atoms with Crippen LogP contribution in [-0.2, 0) is 14.2 Å². The van der Waals surface area contributed by atoms with Crippen LogP contribution in [0.4, 0.5) is 0 Å². The van der Waals surface area contributed by atoms with Gasteiger partial charge in [-0.3, -0.25) is 19.1 Å². The summed E-state index contributed by atoms with van der Waals surface area (Å²) >= 11 is 0. The summed E-state index contributed by atoms with van der Waals surface area (Å²) in [5, 5.41) is 33.7. The molecule has 0 rings (SSSR count). The average Bonchev–Trinajstić information content (AvgIpc) is 2.10. The van der Waals surface area contributed by atoms with Crippen molar-refractivity contribution in [2.24, 2.45) is 0 Å². The number of hydrogen-bond donors (Lipinski definition) is 6. The molecule has 0 aliphatic heterocycles. The normalized spacial score (nSPS) is 12.0. The Morgan fingerprint density at radius 3 is 1.50 bits per heavy atom. The van der Waals surface area contributed by atoms with Gasteiger partial charge < -0.3 is 30.2 Å². The number of aliphatic hydroxyl groups is 4. The van der Waals surface area contributed by atoms with Gasteiger partial charge in [-0.2, -0.15) is 0 Å². The number of hydrogen-bond acceptors (Lipinski definition) is 7. The third-order valence-electron chi connectivity index (χ3n) is 1.30. The molecular weight excluding hydrogens is 249 g/mol. The van der Waals surface area contributed by atoms with Crippen LogP contribution in [0.2, 0.25) is 0 Å². The zero-order valence-electron chi connectivity index (χ0n) is 7.66. The van der Waals surface area contributed by atoms with Gasteiger partial charge >= 0.3 is 7.60 Å². The Labute approximate surface area is 88.5 Å². The molecule has 11 heteroatoms. The number of carbonyl (C=O) groups is 2. The number of rotatable bonds is 4. The monoisotopic (exact) mass is 259 g/mol. The quantitative estimate of drug-likeness (QED) is 0.217. The minimum absolute atomic E-state index is 0.351. The highest BCUT2D eigenvalue weighted by molar-refractivity contribution is 7.51. The number of aliphatic hydroxyl groups excluding tert-OH is 2. The largest absolute Gasteiger partial charge is 0.361 e. The van der Waals surface area contributed by atoms with Gasteiger partial charge in [0.1, 0.15) is 6.29 Å². The molecule has 0 aromatic carbocycles. The van der Waals surface area contributed by atoms with E-state index in [1.54, 1.807) is 0 Å². The van der Waals surface area contributed by atoms with E-state index in [0.29, 0.717) is 0 Å². The highest BCUT2D eigenvalue weighted by atomic mass is 31.2. The maximum atomic E-state index is 10.9. The zero-order valence-corrected chi connectivity index (χ0v) is 8.56. The summed E-state index contributed by atoms with van der Waals surface area (Å²) in [7, 11) is -4.87. The Hall–Kier alpha value is -0.870. The Morgan fingerprint density at radius 1 is 1.00 bits per heavy atom. The molecule has 10 nitrogen and oxygen atoms in total. The average molecular weight is 259 g/mol. The third-order valence-corrected chi connectivity index (χ3v) is 1.95. The molecule has 16 heavy (non-hydrogen) atoms. The first-order valence-electron chi connectivity index (χ1n) is 3.68. The summed E-state index contributed by atoms with van der Waals surface area (Å²) in [5.41, 5.74) is 0. The maximum absolute atomic E-state index is 10.9. The first kappa shape index (κ1) is 15.1. The molecule has 0 aromatic heterocycles. The van der Waals surface area contributed by atoms with Crippen molar-refractivity contribution < 1.29 is 44.4 Å². The van der Waals surface area contributed by atoms with Gasteiger partial charge in [0.25, 0.3) is 11.8 Å². The molecule has 0 spiro atoms. The van der Waals surface area contributed by atoms with Crippen LogP contribution in [0, 0.1) is 0 Å². The van der Waals surface area contributed by atoms with E-state index in [4.69, 9.17) is 30.2 Å². The van der Waals surface area contributed by atoms with Crippen molar-refractivity contribution in [3.05, 3.63) is 0 Å². The first-order valence-corrected chi connectivity index (χ1v) is 5.48. The standard InChI is InChI=1S/C5H10NO9P/c7-2(4(9)10)6(1-16(13,14)15)3(8)5(11)12/h4-5,9-12H,1H2,(H2,13,14,15). The molecule has 6 N–H and O–H groups in total. The lowest BCUT2D eigenvalue weighted by atomic mass is 10.4. The highest BCUT2D eigenvalue weighted by Gasteiger charge is 2.34. The van der Waals surface area contributed by atoms with Crippen molar-refractivity contribution >= 4 is 19.4 Å². The molecule has 2 amide bonds. The SMILES string of the molecule is O=C(C(O)O)N(CP(=O)(O)O)C(=O)C(O)O. The van der Waals surface area contributed by atoms with Gasteiger partial charge in [-0.25, -0.2) is 0 Å². The molecule has 0 atom stereocenters. The molecule has 0 unspecified atom stereocenters. The van der Waals surface area contributed by atoms with Crippen molar-refractivity contribution in [1.82, 2.24) is 4.90 Å². The van der Waals surface area contributed by atoms with E-state index in [2.05, 4.69) is 0 Å². The minimum atomic E-state index is -4.87. The summed E-state index contributed by atoms with van der Waals surface area (Å²) < 4.78 is 10.5. The van der Waals surface area contributed by atoms with E-state index in [0.717, 1.165) is 0 Å². The van der Waals surface area contributed by atoms with Crippen molar-refractivity contribution in [3.63, 3.8) is 0 Å². The van der Waals surface area contributed by atoms with Crippen molar-refractivity contribution in [3.8, 4) is 0 Å². The van der Waals surface area contributed by atoms with Crippen LogP contribution >= 0.6 is 7.60 Å². The summed E-state index contributed by atoms with van der Waals surface area (Å²) in [6.45, 7) is 0. The molecule has 0 radical (unpaired) electrons. The van der Waals surface area contributed by atoms with Gasteiger partial charge in [-0.15, -0.1) is 0 Å². The molecule has 0 saturated heterocycles. The molecule has 0 aliphatic rings. The minimum Gasteiger partial charge on any atom is -0.361 e.